The first-order chi connectivity index (χ1) is 10.5. The summed E-state index contributed by atoms with van der Waals surface area (Å²) in [6.07, 6.45) is 4.49. The smallest absolute Gasteiger partial charge is 0.178 e. The van der Waals surface area contributed by atoms with E-state index in [1.165, 1.54) is 24.3 Å². The van der Waals surface area contributed by atoms with Crippen molar-refractivity contribution in [2.45, 2.75) is 0 Å². The van der Waals surface area contributed by atoms with Gasteiger partial charge in [0.15, 0.2) is 5.78 Å². The lowest BCUT2D eigenvalue weighted by molar-refractivity contribution is -0.110. The van der Waals surface area contributed by atoms with Gasteiger partial charge in [0.25, 0.3) is 0 Å². The van der Waals surface area contributed by atoms with Crippen LogP contribution in [0.1, 0.15) is 11.1 Å². The predicted octanol–water partition coefficient (Wildman–Crippen LogP) is 4.54. The van der Waals surface area contributed by atoms with Crippen molar-refractivity contribution < 1.29 is 22.4 Å². The Morgan fingerprint density at radius 2 is 1.14 bits per heavy atom. The zero-order chi connectivity index (χ0) is 16.1. The molecule has 0 spiro atoms. The normalized spacial score (nSPS) is 11.5. The maximum atomic E-state index is 13.3. The summed E-state index contributed by atoms with van der Waals surface area (Å²) in [5, 5.41) is 0. The van der Waals surface area contributed by atoms with Crippen LogP contribution in [0.2, 0.25) is 0 Å². The lowest BCUT2D eigenvalue weighted by atomic mass is 10.1. The first-order valence-corrected chi connectivity index (χ1v) is 6.26. The van der Waals surface area contributed by atoms with Crippen molar-refractivity contribution in [1.82, 2.24) is 0 Å². The van der Waals surface area contributed by atoms with E-state index >= 15 is 0 Å². The van der Waals surface area contributed by atoms with Crippen molar-refractivity contribution in [2.24, 2.45) is 0 Å². The minimum absolute atomic E-state index is 0.0520. The fourth-order valence-corrected chi connectivity index (χ4v) is 1.67. The third-order valence-electron chi connectivity index (χ3n) is 2.78. The van der Waals surface area contributed by atoms with Crippen molar-refractivity contribution in [1.29, 1.82) is 0 Å². The number of hydrogen-bond acceptors (Lipinski definition) is 1. The molecule has 112 valence electrons. The second kappa shape index (κ2) is 6.85. The summed E-state index contributed by atoms with van der Waals surface area (Å²) in [4.78, 5) is 11.6. The third kappa shape index (κ3) is 4.15. The van der Waals surface area contributed by atoms with Crippen LogP contribution in [-0.2, 0) is 4.79 Å². The number of halogens is 4. The molecule has 0 heterocycles. The lowest BCUT2D eigenvalue weighted by Gasteiger charge is -1.96. The maximum absolute atomic E-state index is 13.3. The van der Waals surface area contributed by atoms with Crippen molar-refractivity contribution >= 4 is 17.9 Å². The van der Waals surface area contributed by atoms with Crippen molar-refractivity contribution in [3.8, 4) is 0 Å². The molecular formula is C17H10F4O. The van der Waals surface area contributed by atoms with Crippen molar-refractivity contribution in [2.75, 3.05) is 0 Å². The summed E-state index contributed by atoms with van der Waals surface area (Å²) < 4.78 is 52.1. The molecule has 1 nitrogen and oxygen atoms in total. The highest BCUT2D eigenvalue weighted by Gasteiger charge is 2.02. The SMILES string of the molecule is O=C(C=Cc1ccc(F)cc1F)C=Cc1ccc(F)cc1F. The first-order valence-electron chi connectivity index (χ1n) is 6.26. The average Bonchev–Trinajstić information content (AvgIpc) is 2.45. The van der Waals surface area contributed by atoms with Crippen LogP contribution in [0.25, 0.3) is 12.2 Å². The van der Waals surface area contributed by atoms with E-state index in [1.54, 1.807) is 0 Å². The summed E-state index contributed by atoms with van der Waals surface area (Å²) in [5.41, 5.74) is 0.104. The minimum Gasteiger partial charge on any atom is -0.290 e. The van der Waals surface area contributed by atoms with E-state index in [-0.39, 0.29) is 11.1 Å². The van der Waals surface area contributed by atoms with Crippen LogP contribution in [0, 0.1) is 23.3 Å². The molecule has 0 aliphatic rings. The molecule has 0 N–H and O–H groups in total. The van der Waals surface area contributed by atoms with E-state index in [0.717, 1.165) is 24.3 Å². The van der Waals surface area contributed by atoms with Gasteiger partial charge in [0.1, 0.15) is 23.3 Å². The molecule has 0 bridgehead atoms. The molecule has 0 unspecified atom stereocenters. The molecule has 0 aliphatic carbocycles. The fraction of sp³-hybridized carbons (Fsp3) is 0. The summed E-state index contributed by atoms with van der Waals surface area (Å²) >= 11 is 0. The Morgan fingerprint density at radius 3 is 1.50 bits per heavy atom. The van der Waals surface area contributed by atoms with E-state index < -0.39 is 29.1 Å². The van der Waals surface area contributed by atoms with Crippen LogP contribution in [0.3, 0.4) is 0 Å². The number of hydrogen-bond donors (Lipinski definition) is 0. The van der Waals surface area contributed by atoms with E-state index in [1.807, 2.05) is 0 Å². The number of rotatable bonds is 4. The molecule has 0 aliphatic heterocycles. The van der Waals surface area contributed by atoms with Crippen LogP contribution in [0.5, 0.6) is 0 Å². The summed E-state index contributed by atoms with van der Waals surface area (Å²) in [6, 6.07) is 5.92. The Kier molecular flexibility index (Phi) is 4.88. The molecule has 2 rings (SSSR count). The lowest BCUT2D eigenvalue weighted by Crippen LogP contribution is -1.89. The molecular weight excluding hydrogens is 296 g/mol. The van der Waals surface area contributed by atoms with E-state index in [0.29, 0.717) is 12.1 Å². The maximum Gasteiger partial charge on any atom is 0.178 e. The van der Waals surface area contributed by atoms with E-state index in [9.17, 15) is 22.4 Å². The van der Waals surface area contributed by atoms with Crippen LogP contribution in [0.4, 0.5) is 17.6 Å². The van der Waals surface area contributed by atoms with Gasteiger partial charge in [0, 0.05) is 23.3 Å². The number of carbonyl (C=O) groups is 1. The van der Waals surface area contributed by atoms with Gasteiger partial charge in [-0.2, -0.15) is 0 Å². The summed E-state index contributed by atoms with van der Waals surface area (Å²) in [5.74, 6) is -3.54. The number of allylic oxidation sites excluding steroid dienone is 2. The van der Waals surface area contributed by atoms with Gasteiger partial charge in [-0.05, 0) is 48.6 Å². The average molecular weight is 306 g/mol. The fourth-order valence-electron chi connectivity index (χ4n) is 1.67. The molecule has 0 fully saturated rings. The Labute approximate surface area is 124 Å². The highest BCUT2D eigenvalue weighted by molar-refractivity contribution is 6.04. The highest BCUT2D eigenvalue weighted by atomic mass is 19.1. The Bertz CT molecular complexity index is 700. The van der Waals surface area contributed by atoms with Crippen LogP contribution < -0.4 is 0 Å². The van der Waals surface area contributed by atoms with Gasteiger partial charge in [-0.3, -0.25) is 4.79 Å². The first kappa shape index (κ1) is 15.7. The zero-order valence-electron chi connectivity index (χ0n) is 11.2. The second-order valence-electron chi connectivity index (χ2n) is 4.40. The van der Waals surface area contributed by atoms with Gasteiger partial charge in [-0.1, -0.05) is 0 Å². The van der Waals surface area contributed by atoms with Crippen LogP contribution >= 0.6 is 0 Å². The van der Waals surface area contributed by atoms with Crippen molar-refractivity contribution in [3.05, 3.63) is 82.9 Å². The van der Waals surface area contributed by atoms with Crippen LogP contribution in [-0.4, -0.2) is 5.78 Å². The summed E-state index contributed by atoms with van der Waals surface area (Å²) in [6.45, 7) is 0. The standard InChI is InChI=1S/C17H10F4O/c18-13-5-1-11(16(20)9-13)3-7-15(22)8-4-12-2-6-14(19)10-17(12)21/h1-10H. The van der Waals surface area contributed by atoms with Gasteiger partial charge in [0.05, 0.1) is 0 Å². The molecule has 0 amide bonds. The number of carbonyl (C=O) groups excluding carboxylic acids is 1. The molecule has 22 heavy (non-hydrogen) atoms. The molecule has 0 atom stereocenters. The largest absolute Gasteiger partial charge is 0.290 e. The molecule has 2 aromatic rings. The van der Waals surface area contributed by atoms with Crippen molar-refractivity contribution in [3.63, 3.8) is 0 Å². The molecule has 0 aromatic heterocycles. The zero-order valence-corrected chi connectivity index (χ0v) is 11.2. The molecule has 0 saturated carbocycles. The molecule has 0 saturated heterocycles. The second-order valence-corrected chi connectivity index (χ2v) is 4.40. The molecule has 0 radical (unpaired) electrons. The topological polar surface area (TPSA) is 17.1 Å². The number of ketones is 1. The summed E-state index contributed by atoms with van der Waals surface area (Å²) in [7, 11) is 0. The quantitative estimate of drug-likeness (QED) is 0.599. The van der Waals surface area contributed by atoms with Gasteiger partial charge in [0.2, 0.25) is 0 Å². The minimum atomic E-state index is -0.794. The van der Waals surface area contributed by atoms with E-state index in [2.05, 4.69) is 0 Å². The molecule has 2 aromatic carbocycles. The third-order valence-corrected chi connectivity index (χ3v) is 2.78. The Hall–Kier alpha value is -2.69. The molecule has 5 heteroatoms. The Balaban J connectivity index is 2.09. The highest BCUT2D eigenvalue weighted by Crippen LogP contribution is 2.13. The monoisotopic (exact) mass is 306 g/mol. The van der Waals surface area contributed by atoms with Gasteiger partial charge in [-0.15, -0.1) is 0 Å². The predicted molar refractivity (Wildman–Crippen MR) is 75.8 cm³/mol. The Morgan fingerprint density at radius 1 is 0.727 bits per heavy atom. The van der Waals surface area contributed by atoms with Gasteiger partial charge < -0.3 is 0 Å². The number of benzene rings is 2. The van der Waals surface area contributed by atoms with E-state index in [4.69, 9.17) is 0 Å². The van der Waals surface area contributed by atoms with Gasteiger partial charge >= 0.3 is 0 Å². The van der Waals surface area contributed by atoms with Crippen LogP contribution in [0.15, 0.2) is 48.6 Å². The van der Waals surface area contributed by atoms with Gasteiger partial charge in [-0.25, -0.2) is 17.6 Å².